The molecule has 15 heavy (non-hydrogen) atoms. The van der Waals surface area contributed by atoms with Gasteiger partial charge in [-0.05, 0) is 29.7 Å². The third-order valence-corrected chi connectivity index (χ3v) is 2.84. The Balaban J connectivity index is 2.36. The van der Waals surface area contributed by atoms with Gasteiger partial charge in [0.25, 0.3) is 0 Å². The van der Waals surface area contributed by atoms with Crippen molar-refractivity contribution in [2.75, 3.05) is 14.2 Å². The van der Waals surface area contributed by atoms with E-state index in [2.05, 4.69) is 0 Å². The first-order valence-electron chi connectivity index (χ1n) is 4.78. The van der Waals surface area contributed by atoms with Crippen molar-refractivity contribution in [2.45, 2.75) is 18.6 Å². The summed E-state index contributed by atoms with van der Waals surface area (Å²) < 4.78 is 10.3. The Morgan fingerprint density at radius 2 is 1.80 bits per heavy atom. The molecule has 0 saturated heterocycles. The summed E-state index contributed by atoms with van der Waals surface area (Å²) in [6, 6.07) is 3.69. The maximum absolute atomic E-state index is 9.09. The van der Waals surface area contributed by atoms with Gasteiger partial charge in [0.2, 0.25) is 0 Å². The van der Waals surface area contributed by atoms with E-state index in [1.807, 2.05) is 12.1 Å². The van der Waals surface area contributed by atoms with Gasteiger partial charge in [0.15, 0.2) is 17.8 Å². The largest absolute Gasteiger partial charge is 0.493 e. The maximum atomic E-state index is 9.09. The van der Waals surface area contributed by atoms with E-state index in [9.17, 15) is 0 Å². The molecule has 1 aliphatic rings. The van der Waals surface area contributed by atoms with Crippen LogP contribution in [0.2, 0.25) is 0 Å². The van der Waals surface area contributed by atoms with Crippen LogP contribution in [0.25, 0.3) is 0 Å². The second-order valence-electron chi connectivity index (χ2n) is 3.63. The molecule has 4 nitrogen and oxygen atoms in total. The second kappa shape index (κ2) is 3.72. The van der Waals surface area contributed by atoms with Gasteiger partial charge in [-0.3, -0.25) is 0 Å². The molecule has 1 unspecified atom stereocenters. The van der Waals surface area contributed by atoms with E-state index >= 15 is 0 Å². The van der Waals surface area contributed by atoms with Crippen molar-refractivity contribution >= 4 is 0 Å². The van der Waals surface area contributed by atoms with Gasteiger partial charge in [-0.2, -0.15) is 0 Å². The van der Waals surface area contributed by atoms with Crippen LogP contribution in [0.1, 0.15) is 17.0 Å². The van der Waals surface area contributed by atoms with E-state index in [0.29, 0.717) is 17.9 Å². The summed E-state index contributed by atoms with van der Waals surface area (Å²) in [6.45, 7) is 0. The Morgan fingerprint density at radius 3 is 2.33 bits per heavy atom. The van der Waals surface area contributed by atoms with Crippen molar-refractivity contribution in [2.24, 2.45) is 0 Å². The van der Waals surface area contributed by atoms with Crippen molar-refractivity contribution in [3.8, 4) is 11.5 Å². The fourth-order valence-corrected chi connectivity index (χ4v) is 1.94. The molecule has 1 aromatic rings. The first-order valence-corrected chi connectivity index (χ1v) is 4.78. The van der Waals surface area contributed by atoms with Crippen LogP contribution in [0.3, 0.4) is 0 Å². The Kier molecular flexibility index (Phi) is 2.54. The Morgan fingerprint density at radius 1 is 1.20 bits per heavy atom. The molecule has 1 aliphatic carbocycles. The van der Waals surface area contributed by atoms with Crippen LogP contribution >= 0.6 is 0 Å². The van der Waals surface area contributed by atoms with Gasteiger partial charge >= 0.3 is 0 Å². The lowest BCUT2D eigenvalue weighted by Crippen LogP contribution is -2.28. The Hall–Kier alpha value is -1.26. The molecule has 0 heterocycles. The average molecular weight is 210 g/mol. The Bertz CT molecular complexity index is 373. The lowest BCUT2D eigenvalue weighted by molar-refractivity contribution is -0.0654. The molecule has 82 valence electrons. The topological polar surface area (TPSA) is 58.9 Å². The summed E-state index contributed by atoms with van der Waals surface area (Å²) in [4.78, 5) is 0. The van der Waals surface area contributed by atoms with E-state index in [1.165, 1.54) is 0 Å². The fourth-order valence-electron chi connectivity index (χ4n) is 1.94. The molecule has 0 amide bonds. The summed E-state index contributed by atoms with van der Waals surface area (Å²) >= 11 is 0. The Labute approximate surface area is 88.1 Å². The zero-order chi connectivity index (χ0) is 11.0. The summed E-state index contributed by atoms with van der Waals surface area (Å²) in [5, 5.41) is 18.2. The van der Waals surface area contributed by atoms with Gasteiger partial charge in [0.05, 0.1) is 14.2 Å². The van der Waals surface area contributed by atoms with Crippen LogP contribution in [0.15, 0.2) is 12.1 Å². The molecule has 0 aliphatic heterocycles. The molecular formula is C11H14O4. The summed E-state index contributed by atoms with van der Waals surface area (Å²) in [5.74, 6) is 1.11. The number of fused-ring (bicyclic) bond motifs is 1. The van der Waals surface area contributed by atoms with Crippen LogP contribution < -0.4 is 9.47 Å². The number of aliphatic hydroxyl groups is 2. The zero-order valence-corrected chi connectivity index (χ0v) is 8.73. The van der Waals surface area contributed by atoms with E-state index in [-0.39, 0.29) is 5.92 Å². The number of hydrogen-bond acceptors (Lipinski definition) is 4. The van der Waals surface area contributed by atoms with Gasteiger partial charge in [-0.1, -0.05) is 0 Å². The predicted octanol–water partition coefficient (Wildman–Crippen LogP) is 0.654. The van der Waals surface area contributed by atoms with E-state index < -0.39 is 6.29 Å². The smallest absolute Gasteiger partial charge is 0.161 e. The molecule has 2 N–H and O–H groups in total. The molecule has 0 radical (unpaired) electrons. The fraction of sp³-hybridized carbons (Fsp3) is 0.455. The number of rotatable bonds is 3. The second-order valence-corrected chi connectivity index (χ2v) is 3.63. The van der Waals surface area contributed by atoms with E-state index in [1.54, 1.807) is 14.2 Å². The number of ether oxygens (including phenoxy) is 2. The first-order chi connectivity index (χ1) is 7.17. The molecule has 0 spiro atoms. The van der Waals surface area contributed by atoms with Crippen LogP contribution in [0.4, 0.5) is 0 Å². The highest BCUT2D eigenvalue weighted by atomic mass is 16.5. The predicted molar refractivity (Wildman–Crippen MR) is 54.2 cm³/mol. The molecular weight excluding hydrogens is 196 g/mol. The van der Waals surface area contributed by atoms with Crippen LogP contribution in [0.5, 0.6) is 11.5 Å². The molecule has 2 rings (SSSR count). The summed E-state index contributed by atoms with van der Waals surface area (Å²) in [6.07, 6.45) is -0.622. The van der Waals surface area contributed by atoms with Crippen molar-refractivity contribution in [3.63, 3.8) is 0 Å². The highest BCUT2D eigenvalue weighted by Gasteiger charge is 2.32. The molecule has 0 fully saturated rings. The highest BCUT2D eigenvalue weighted by Crippen LogP contribution is 2.43. The molecule has 0 bridgehead atoms. The minimum atomic E-state index is -1.30. The van der Waals surface area contributed by atoms with Crippen LogP contribution in [-0.2, 0) is 6.42 Å². The van der Waals surface area contributed by atoms with Crippen molar-refractivity contribution in [3.05, 3.63) is 23.3 Å². The molecule has 0 saturated carbocycles. The van der Waals surface area contributed by atoms with Crippen molar-refractivity contribution in [1.29, 1.82) is 0 Å². The first kappa shape index (κ1) is 10.3. The average Bonchev–Trinajstić information content (AvgIpc) is 2.19. The quantitative estimate of drug-likeness (QED) is 0.719. The van der Waals surface area contributed by atoms with Gasteiger partial charge < -0.3 is 19.7 Å². The van der Waals surface area contributed by atoms with Crippen molar-refractivity contribution in [1.82, 2.24) is 0 Å². The zero-order valence-electron chi connectivity index (χ0n) is 8.73. The molecule has 1 atom stereocenters. The number of benzene rings is 1. The van der Waals surface area contributed by atoms with Gasteiger partial charge in [0, 0.05) is 5.92 Å². The van der Waals surface area contributed by atoms with E-state index in [4.69, 9.17) is 19.7 Å². The normalized spacial score (nSPS) is 18.3. The van der Waals surface area contributed by atoms with Gasteiger partial charge in [0.1, 0.15) is 0 Å². The molecule has 0 aromatic heterocycles. The summed E-state index contributed by atoms with van der Waals surface area (Å²) in [5.41, 5.74) is 2.02. The maximum Gasteiger partial charge on any atom is 0.161 e. The minimum Gasteiger partial charge on any atom is -0.493 e. The lowest BCUT2D eigenvalue weighted by Gasteiger charge is -2.32. The minimum absolute atomic E-state index is 0.195. The molecule has 1 aromatic carbocycles. The monoisotopic (exact) mass is 210 g/mol. The lowest BCUT2D eigenvalue weighted by atomic mass is 9.77. The third kappa shape index (κ3) is 1.56. The highest BCUT2D eigenvalue weighted by molar-refractivity contribution is 5.53. The summed E-state index contributed by atoms with van der Waals surface area (Å²) in [7, 11) is 3.15. The number of hydrogen-bond donors (Lipinski definition) is 2. The van der Waals surface area contributed by atoms with Crippen LogP contribution in [-0.4, -0.2) is 30.7 Å². The third-order valence-electron chi connectivity index (χ3n) is 2.84. The van der Waals surface area contributed by atoms with Gasteiger partial charge in [-0.25, -0.2) is 0 Å². The van der Waals surface area contributed by atoms with Crippen LogP contribution in [0, 0.1) is 0 Å². The number of methoxy groups -OCH3 is 2. The van der Waals surface area contributed by atoms with Gasteiger partial charge in [-0.15, -0.1) is 0 Å². The number of aliphatic hydroxyl groups excluding tert-OH is 1. The standard InChI is InChI=1S/C11H14O4/c1-14-9-4-6-3-8(11(12)13)7(6)5-10(9)15-2/h4-5,8,11-13H,3H2,1-2H3. The van der Waals surface area contributed by atoms with Crippen molar-refractivity contribution < 1.29 is 19.7 Å². The molecule has 4 heteroatoms. The SMILES string of the molecule is COc1cc2c(cc1OC)C(C(O)O)C2. The van der Waals surface area contributed by atoms with E-state index in [0.717, 1.165) is 11.1 Å².